The van der Waals surface area contributed by atoms with E-state index in [1.165, 1.54) is 95.5 Å². The Morgan fingerprint density at radius 3 is 1.92 bits per heavy atom. The van der Waals surface area contributed by atoms with Crippen molar-refractivity contribution in [3.63, 3.8) is 0 Å². The molecule has 38 heavy (non-hydrogen) atoms. The van der Waals surface area contributed by atoms with Gasteiger partial charge in [-0.3, -0.25) is 0 Å². The SMILES string of the molecule is C=CCCCCCCCC(=C)OOC(c1ccccc1)C(C)[N+](C)(C)CCCCCCCCCCCC.[Br-]. The molecule has 1 aromatic rings. The molecule has 0 fully saturated rings. The van der Waals surface area contributed by atoms with Crippen molar-refractivity contribution in [3.05, 3.63) is 60.9 Å². The van der Waals surface area contributed by atoms with Crippen molar-refractivity contribution in [2.24, 2.45) is 0 Å². The van der Waals surface area contributed by atoms with Crippen LogP contribution in [0.5, 0.6) is 0 Å². The summed E-state index contributed by atoms with van der Waals surface area (Å²) >= 11 is 0. The predicted octanol–water partition coefficient (Wildman–Crippen LogP) is 7.50. The Bertz CT molecular complexity index is 691. The van der Waals surface area contributed by atoms with Crippen molar-refractivity contribution < 1.29 is 31.2 Å². The third-order valence-corrected chi connectivity index (χ3v) is 7.89. The van der Waals surface area contributed by atoms with Gasteiger partial charge in [-0.25, -0.2) is 0 Å². The molecule has 220 valence electrons. The number of allylic oxidation sites excluding steroid dienone is 2. The van der Waals surface area contributed by atoms with E-state index in [1.54, 1.807) is 0 Å². The van der Waals surface area contributed by atoms with Crippen molar-refractivity contribution in [1.29, 1.82) is 0 Å². The van der Waals surface area contributed by atoms with E-state index in [0.29, 0.717) is 0 Å². The summed E-state index contributed by atoms with van der Waals surface area (Å²) in [4.78, 5) is 11.9. The third kappa shape index (κ3) is 17.5. The van der Waals surface area contributed by atoms with Crippen LogP contribution in [0.3, 0.4) is 0 Å². The largest absolute Gasteiger partial charge is 1.00 e. The number of quaternary nitrogens is 1. The van der Waals surface area contributed by atoms with Crippen molar-refractivity contribution in [1.82, 2.24) is 0 Å². The second-order valence-corrected chi connectivity index (χ2v) is 11.6. The second kappa shape index (κ2) is 23.8. The van der Waals surface area contributed by atoms with Gasteiger partial charge >= 0.3 is 0 Å². The fourth-order valence-electron chi connectivity index (χ4n) is 4.94. The molecule has 0 N–H and O–H groups in total. The van der Waals surface area contributed by atoms with Crippen LogP contribution >= 0.6 is 0 Å². The lowest BCUT2D eigenvalue weighted by Gasteiger charge is -2.39. The van der Waals surface area contributed by atoms with Crippen LogP contribution in [0.15, 0.2) is 55.3 Å². The number of likely N-dealkylation sites (N-methyl/N-ethyl adjacent to an activating group) is 1. The van der Waals surface area contributed by atoms with Gasteiger partial charge in [0, 0.05) is 6.42 Å². The van der Waals surface area contributed by atoms with Gasteiger partial charge in [-0.15, -0.1) is 6.58 Å². The van der Waals surface area contributed by atoms with Crippen LogP contribution in [0, 0.1) is 0 Å². The number of benzene rings is 1. The first-order valence-electron chi connectivity index (χ1n) is 15.4. The molecule has 0 spiro atoms. The van der Waals surface area contributed by atoms with Gasteiger partial charge in [0.25, 0.3) is 0 Å². The van der Waals surface area contributed by atoms with Gasteiger partial charge in [0.05, 0.1) is 20.6 Å². The summed E-state index contributed by atoms with van der Waals surface area (Å²) in [5, 5.41) is 0. The monoisotopic (exact) mass is 593 g/mol. The van der Waals surface area contributed by atoms with E-state index in [-0.39, 0.29) is 29.1 Å². The van der Waals surface area contributed by atoms with Crippen molar-refractivity contribution >= 4 is 0 Å². The number of halogens is 1. The molecule has 1 aromatic carbocycles. The van der Waals surface area contributed by atoms with Gasteiger partial charge in [0.2, 0.25) is 0 Å². The Morgan fingerprint density at radius 1 is 0.816 bits per heavy atom. The quantitative estimate of drug-likeness (QED) is 0.0292. The van der Waals surface area contributed by atoms with Crippen LogP contribution in [-0.2, 0) is 9.78 Å². The zero-order valence-corrected chi connectivity index (χ0v) is 27.0. The average Bonchev–Trinajstić information content (AvgIpc) is 2.89. The first-order chi connectivity index (χ1) is 17.9. The second-order valence-electron chi connectivity index (χ2n) is 11.6. The smallest absolute Gasteiger partial charge is 0.181 e. The molecule has 0 aliphatic heterocycles. The molecular formula is C34H60BrNO2. The van der Waals surface area contributed by atoms with Crippen LogP contribution in [0.4, 0.5) is 0 Å². The first-order valence-corrected chi connectivity index (χ1v) is 15.4. The lowest BCUT2D eigenvalue weighted by atomic mass is 10.0. The summed E-state index contributed by atoms with van der Waals surface area (Å²) in [7, 11) is 4.66. The van der Waals surface area contributed by atoms with Gasteiger partial charge in [-0.05, 0) is 44.6 Å². The molecule has 2 atom stereocenters. The molecule has 0 saturated heterocycles. The summed E-state index contributed by atoms with van der Waals surface area (Å²) < 4.78 is 0.914. The Hall–Kier alpha value is -1.10. The van der Waals surface area contributed by atoms with Crippen LogP contribution in [-0.4, -0.2) is 31.2 Å². The fraction of sp³-hybridized carbons (Fsp3) is 0.706. The molecule has 0 saturated carbocycles. The summed E-state index contributed by atoms with van der Waals surface area (Å²) in [6.45, 7) is 13.7. The Labute approximate surface area is 247 Å². The maximum atomic E-state index is 6.12. The molecule has 0 aliphatic rings. The zero-order chi connectivity index (χ0) is 27.2. The number of nitrogens with zero attached hydrogens (tertiary/aromatic N) is 1. The van der Waals surface area contributed by atoms with E-state index < -0.39 is 0 Å². The molecule has 4 heteroatoms. The molecular weight excluding hydrogens is 534 g/mol. The van der Waals surface area contributed by atoms with Crippen molar-refractivity contribution in [2.75, 3.05) is 20.6 Å². The number of hydrogen-bond acceptors (Lipinski definition) is 2. The maximum absolute atomic E-state index is 6.12. The molecule has 0 aliphatic carbocycles. The van der Waals surface area contributed by atoms with Gasteiger partial charge < -0.3 is 26.4 Å². The summed E-state index contributed by atoms with van der Waals surface area (Å²) in [5.41, 5.74) is 1.17. The van der Waals surface area contributed by atoms with Crippen LogP contribution in [0.25, 0.3) is 0 Å². The minimum Gasteiger partial charge on any atom is -1.00 e. The van der Waals surface area contributed by atoms with Gasteiger partial charge in [0.15, 0.2) is 6.10 Å². The first kappa shape index (κ1) is 36.9. The number of unbranched alkanes of at least 4 members (excludes halogenated alkanes) is 14. The standard InChI is InChI=1S/C34H60NO2.BrH/c1-7-9-11-13-15-16-17-19-21-26-30-35(5,6)32(4)34(33-28-24-22-25-29-33)37-36-31(3)27-23-20-18-14-12-10-8-2;/h8,22,24-25,28-29,32,34H,2-3,7,9-21,23,26-27,30H2,1,4-6H3;1H/q+1;/p-1. The van der Waals surface area contributed by atoms with Crippen molar-refractivity contribution in [2.45, 2.75) is 135 Å². The van der Waals surface area contributed by atoms with Gasteiger partial charge in [0.1, 0.15) is 11.8 Å². The summed E-state index contributed by atoms with van der Waals surface area (Å²) in [5.74, 6) is 0.735. The van der Waals surface area contributed by atoms with Crippen molar-refractivity contribution in [3.8, 4) is 0 Å². The van der Waals surface area contributed by atoms with Gasteiger partial charge in [-0.1, -0.05) is 121 Å². The van der Waals surface area contributed by atoms with Crippen LogP contribution < -0.4 is 17.0 Å². The highest BCUT2D eigenvalue weighted by Crippen LogP contribution is 2.29. The summed E-state index contributed by atoms with van der Waals surface area (Å²) in [6, 6.07) is 10.8. The normalized spacial score (nSPS) is 12.9. The third-order valence-electron chi connectivity index (χ3n) is 7.89. The topological polar surface area (TPSA) is 18.5 Å². The van der Waals surface area contributed by atoms with Crippen LogP contribution in [0.1, 0.15) is 135 Å². The molecule has 0 radical (unpaired) electrons. The number of hydrogen-bond donors (Lipinski definition) is 0. The van der Waals surface area contributed by atoms with E-state index in [1.807, 2.05) is 6.08 Å². The molecule has 0 aromatic heterocycles. The van der Waals surface area contributed by atoms with E-state index in [4.69, 9.17) is 9.78 Å². The highest BCUT2D eigenvalue weighted by Gasteiger charge is 2.34. The van der Waals surface area contributed by atoms with E-state index >= 15 is 0 Å². The Kier molecular flexibility index (Phi) is 23.1. The zero-order valence-electron chi connectivity index (χ0n) is 25.4. The number of rotatable bonds is 25. The molecule has 3 nitrogen and oxygen atoms in total. The molecule has 1 rings (SSSR count). The van der Waals surface area contributed by atoms with E-state index in [0.717, 1.165) is 36.0 Å². The van der Waals surface area contributed by atoms with Gasteiger partial charge in [-0.2, -0.15) is 4.89 Å². The Balaban J connectivity index is 0.0000137. The highest BCUT2D eigenvalue weighted by molar-refractivity contribution is 5.18. The van der Waals surface area contributed by atoms with E-state index in [2.05, 4.69) is 71.4 Å². The molecule has 2 unspecified atom stereocenters. The average molecular weight is 595 g/mol. The Morgan fingerprint density at radius 2 is 1.34 bits per heavy atom. The lowest BCUT2D eigenvalue weighted by Crippen LogP contribution is -3.00. The molecule has 0 bridgehead atoms. The predicted molar refractivity (Wildman–Crippen MR) is 161 cm³/mol. The molecule has 0 amide bonds. The minimum absolute atomic E-state index is 0. The minimum atomic E-state index is -0.130. The van der Waals surface area contributed by atoms with Crippen LogP contribution in [0.2, 0.25) is 0 Å². The lowest BCUT2D eigenvalue weighted by molar-refractivity contribution is -0.919. The summed E-state index contributed by atoms with van der Waals surface area (Å²) in [6.07, 6.45) is 23.6. The fourth-order valence-corrected chi connectivity index (χ4v) is 4.94. The van der Waals surface area contributed by atoms with E-state index in [9.17, 15) is 0 Å². The molecule has 0 heterocycles. The highest BCUT2D eigenvalue weighted by atomic mass is 79.9. The maximum Gasteiger partial charge on any atom is 0.181 e.